The Morgan fingerprint density at radius 3 is 2.65 bits per heavy atom. The number of aromatic nitrogens is 1. The van der Waals surface area contributed by atoms with Crippen LogP contribution in [0.3, 0.4) is 0 Å². The van der Waals surface area contributed by atoms with Crippen LogP contribution in [0, 0.1) is 34.4 Å². The van der Waals surface area contributed by atoms with Crippen molar-refractivity contribution in [2.75, 3.05) is 16.8 Å². The van der Waals surface area contributed by atoms with E-state index in [9.17, 15) is 14.0 Å². The second kappa shape index (κ2) is 6.35. The van der Waals surface area contributed by atoms with Gasteiger partial charge in [0.15, 0.2) is 6.19 Å². The maximum Gasteiger partial charge on any atom is 0.211 e. The fraction of sp³-hybridized carbons (Fsp3) is 0.0667. The molecule has 1 aromatic heterocycles. The molecule has 11 heteroatoms. The van der Waals surface area contributed by atoms with Crippen molar-refractivity contribution in [1.82, 2.24) is 10.3 Å². The number of nitrogen functional groups attached to an aromatic ring is 2. The predicted molar refractivity (Wildman–Crippen MR) is 90.8 cm³/mol. The molecule has 130 valence electrons. The molecule has 2 heterocycles. The summed E-state index contributed by atoms with van der Waals surface area (Å²) in [5.74, 6) is -2.11. The van der Waals surface area contributed by atoms with E-state index in [2.05, 4.69) is 20.6 Å². The van der Waals surface area contributed by atoms with E-state index in [0.29, 0.717) is 0 Å². The van der Waals surface area contributed by atoms with Crippen molar-refractivity contribution >= 4 is 34.9 Å². The van der Waals surface area contributed by atoms with Gasteiger partial charge in [0.1, 0.15) is 46.0 Å². The maximum atomic E-state index is 14.5. The van der Waals surface area contributed by atoms with Gasteiger partial charge in [-0.25, -0.2) is 18.8 Å². The van der Waals surface area contributed by atoms with Crippen LogP contribution in [0.25, 0.3) is 0 Å². The molecule has 0 saturated heterocycles. The molecule has 3 rings (SSSR count). The lowest BCUT2D eigenvalue weighted by atomic mass is 9.94. The molecule has 1 aliphatic rings. The quantitative estimate of drug-likeness (QED) is 0.338. The Kier molecular flexibility index (Phi) is 4.20. The summed E-state index contributed by atoms with van der Waals surface area (Å²) in [6.07, 6.45) is 1.66. The summed E-state index contributed by atoms with van der Waals surface area (Å²) in [5, 5.41) is 22.3. The van der Waals surface area contributed by atoms with Crippen molar-refractivity contribution in [3.63, 3.8) is 0 Å². The molecule has 0 spiro atoms. The first-order valence-electron chi connectivity index (χ1n) is 7.01. The zero-order valence-corrected chi connectivity index (χ0v) is 13.6. The Morgan fingerprint density at radius 1 is 1.27 bits per heavy atom. The molecule has 0 saturated carbocycles. The average Bonchev–Trinajstić information content (AvgIpc) is 2.59. The molecule has 1 aromatic carbocycles. The highest BCUT2D eigenvalue weighted by Gasteiger charge is 2.32. The average molecular weight is 375 g/mol. The Bertz CT molecular complexity index is 1040. The number of guanidine groups is 1. The number of nitriles is 2. The second-order valence-corrected chi connectivity index (χ2v) is 5.54. The second-order valence-electron chi connectivity index (χ2n) is 5.17. The largest absolute Gasteiger partial charge is 0.397 e. The number of nitrogens with two attached hydrogens (primary N) is 2. The van der Waals surface area contributed by atoms with Crippen molar-refractivity contribution in [3.8, 4) is 12.3 Å². The lowest BCUT2D eigenvalue weighted by Crippen LogP contribution is -2.33. The van der Waals surface area contributed by atoms with E-state index in [4.69, 9.17) is 28.3 Å². The van der Waals surface area contributed by atoms with Gasteiger partial charge >= 0.3 is 0 Å². The standard InChI is InChI=1S/C15H9ClF2N8/c16-9-7(17)2-1-5(10(9)18)12-8-11(21)6(3-19)13(22)25-14(8)26-15(24-12)23-4-20/h1-2,12H,(H6,21,22,23,24,25,26). The van der Waals surface area contributed by atoms with Gasteiger partial charge in [-0.3, -0.25) is 5.32 Å². The molecule has 6 N–H and O–H groups in total. The normalized spacial score (nSPS) is 15.1. The first-order valence-corrected chi connectivity index (χ1v) is 7.39. The zero-order valence-electron chi connectivity index (χ0n) is 12.8. The Hall–Kier alpha value is -3.63. The lowest BCUT2D eigenvalue weighted by molar-refractivity contribution is 0.566. The highest BCUT2D eigenvalue weighted by Crippen LogP contribution is 2.42. The lowest BCUT2D eigenvalue weighted by Gasteiger charge is -2.26. The number of benzene rings is 1. The minimum absolute atomic E-state index is 0.0548. The number of pyridine rings is 1. The Morgan fingerprint density at radius 2 is 2.00 bits per heavy atom. The molecule has 0 aliphatic carbocycles. The number of anilines is 3. The summed E-state index contributed by atoms with van der Waals surface area (Å²) < 4.78 is 28.0. The van der Waals surface area contributed by atoms with Crippen molar-refractivity contribution in [2.45, 2.75) is 6.04 Å². The molecule has 1 unspecified atom stereocenters. The minimum atomic E-state index is -1.14. The first-order chi connectivity index (χ1) is 12.4. The van der Waals surface area contributed by atoms with Crippen LogP contribution >= 0.6 is 11.6 Å². The Balaban J connectivity index is 2.31. The van der Waals surface area contributed by atoms with E-state index < -0.39 is 22.7 Å². The number of halogens is 3. The summed E-state index contributed by atoms with van der Waals surface area (Å²) in [4.78, 5) is 8.19. The SMILES string of the molecule is N#CNC1=NC(c2ccc(F)c(Cl)c2F)c2c(nc(N)c(C#N)c2N)N1. The third kappa shape index (κ3) is 2.59. The summed E-state index contributed by atoms with van der Waals surface area (Å²) in [7, 11) is 0. The molecular weight excluding hydrogens is 366 g/mol. The van der Waals surface area contributed by atoms with Crippen molar-refractivity contribution in [1.29, 1.82) is 10.5 Å². The molecule has 26 heavy (non-hydrogen) atoms. The van der Waals surface area contributed by atoms with Crippen molar-refractivity contribution in [3.05, 3.63) is 45.5 Å². The molecular formula is C15H9ClF2N8. The molecule has 8 nitrogen and oxygen atoms in total. The van der Waals surface area contributed by atoms with Gasteiger partial charge in [0.2, 0.25) is 5.96 Å². The van der Waals surface area contributed by atoms with Gasteiger partial charge in [0.25, 0.3) is 0 Å². The van der Waals surface area contributed by atoms with Crippen LogP contribution in [-0.2, 0) is 0 Å². The van der Waals surface area contributed by atoms with Crippen LogP contribution in [0.1, 0.15) is 22.7 Å². The van der Waals surface area contributed by atoms with Crippen LogP contribution in [0.15, 0.2) is 17.1 Å². The fourth-order valence-corrected chi connectivity index (χ4v) is 2.73. The smallest absolute Gasteiger partial charge is 0.211 e. The summed E-state index contributed by atoms with van der Waals surface area (Å²) in [6.45, 7) is 0. The van der Waals surface area contributed by atoms with Gasteiger partial charge < -0.3 is 16.8 Å². The van der Waals surface area contributed by atoms with Gasteiger partial charge in [-0.1, -0.05) is 17.7 Å². The van der Waals surface area contributed by atoms with Gasteiger partial charge in [-0.2, -0.15) is 10.5 Å². The number of aliphatic imine (C=N–C) groups is 1. The number of rotatable bonds is 1. The summed E-state index contributed by atoms with van der Waals surface area (Å²) >= 11 is 5.65. The van der Waals surface area contributed by atoms with E-state index in [0.717, 1.165) is 12.1 Å². The van der Waals surface area contributed by atoms with Crippen LogP contribution in [0.4, 0.5) is 26.1 Å². The number of hydrogen-bond acceptors (Lipinski definition) is 8. The number of fused-ring (bicyclic) bond motifs is 1. The van der Waals surface area contributed by atoms with E-state index in [1.165, 1.54) is 0 Å². The molecule has 1 atom stereocenters. The summed E-state index contributed by atoms with van der Waals surface area (Å²) in [6, 6.07) is 2.80. The van der Waals surface area contributed by atoms with Crippen molar-refractivity contribution in [2.24, 2.45) is 4.99 Å². The Labute approximate surface area is 150 Å². The number of hydrogen-bond donors (Lipinski definition) is 4. The van der Waals surface area contributed by atoms with E-state index in [1.807, 2.05) is 6.07 Å². The molecule has 0 bridgehead atoms. The minimum Gasteiger partial charge on any atom is -0.397 e. The third-order valence-electron chi connectivity index (χ3n) is 3.72. The topological polar surface area (TPSA) is 149 Å². The van der Waals surface area contributed by atoms with E-state index >= 15 is 0 Å². The van der Waals surface area contributed by atoms with Gasteiger partial charge in [-0.05, 0) is 6.07 Å². The van der Waals surface area contributed by atoms with E-state index in [1.54, 1.807) is 6.19 Å². The highest BCUT2D eigenvalue weighted by atomic mass is 35.5. The first kappa shape index (κ1) is 17.2. The monoisotopic (exact) mass is 374 g/mol. The van der Waals surface area contributed by atoms with Gasteiger partial charge in [0, 0.05) is 11.1 Å². The maximum absolute atomic E-state index is 14.5. The van der Waals surface area contributed by atoms with Crippen LogP contribution < -0.4 is 22.1 Å². The van der Waals surface area contributed by atoms with Gasteiger partial charge in [0.05, 0.1) is 5.69 Å². The van der Waals surface area contributed by atoms with Crippen LogP contribution in [-0.4, -0.2) is 10.9 Å². The number of nitrogens with zero attached hydrogens (tertiary/aromatic N) is 4. The third-order valence-corrected chi connectivity index (χ3v) is 4.06. The van der Waals surface area contributed by atoms with E-state index in [-0.39, 0.29) is 40.0 Å². The van der Waals surface area contributed by atoms with Crippen molar-refractivity contribution < 1.29 is 8.78 Å². The number of nitrogens with one attached hydrogen (secondary N) is 2. The molecule has 0 amide bonds. The molecule has 1 aliphatic heterocycles. The fourth-order valence-electron chi connectivity index (χ4n) is 2.56. The van der Waals surface area contributed by atoms with Crippen LogP contribution in [0.5, 0.6) is 0 Å². The van der Waals surface area contributed by atoms with Crippen LogP contribution in [0.2, 0.25) is 5.02 Å². The predicted octanol–water partition coefficient (Wildman–Crippen LogP) is 1.99. The van der Waals surface area contributed by atoms with Gasteiger partial charge in [-0.15, -0.1) is 0 Å². The molecule has 0 radical (unpaired) electrons. The summed E-state index contributed by atoms with van der Waals surface area (Å²) in [5.41, 5.74) is 11.6. The zero-order chi connectivity index (χ0) is 19.0. The molecule has 2 aromatic rings. The molecule has 0 fully saturated rings. The highest BCUT2D eigenvalue weighted by molar-refractivity contribution is 6.31.